The van der Waals surface area contributed by atoms with E-state index in [1.54, 1.807) is 12.1 Å². The maximum absolute atomic E-state index is 13.2. The Labute approximate surface area is 196 Å². The SMILES string of the molecule is O=C(CSc1nc(-c2ccc(Cl)cc2)cs1)Nc1ccc(C(F)(F)F)cc1N1CCCC1. The summed E-state index contributed by atoms with van der Waals surface area (Å²) in [4.78, 5) is 19.0. The first-order valence-electron chi connectivity index (χ1n) is 9.90. The van der Waals surface area contributed by atoms with Gasteiger partial charge in [0, 0.05) is 29.1 Å². The van der Waals surface area contributed by atoms with Crippen LogP contribution in [-0.2, 0) is 11.0 Å². The molecule has 1 saturated heterocycles. The van der Waals surface area contributed by atoms with Crippen LogP contribution in [0.3, 0.4) is 0 Å². The third-order valence-electron chi connectivity index (χ3n) is 5.00. The smallest absolute Gasteiger partial charge is 0.370 e. The van der Waals surface area contributed by atoms with Gasteiger partial charge in [-0.2, -0.15) is 13.2 Å². The number of halogens is 4. The quantitative estimate of drug-likeness (QED) is 0.380. The van der Waals surface area contributed by atoms with Gasteiger partial charge in [-0.25, -0.2) is 4.98 Å². The first-order chi connectivity index (χ1) is 15.3. The summed E-state index contributed by atoms with van der Waals surface area (Å²) < 4.78 is 40.3. The van der Waals surface area contributed by atoms with Crippen molar-refractivity contribution in [2.75, 3.05) is 29.1 Å². The minimum absolute atomic E-state index is 0.105. The Bertz CT molecular complexity index is 1100. The highest BCUT2D eigenvalue weighted by Crippen LogP contribution is 2.37. The highest BCUT2D eigenvalue weighted by atomic mass is 35.5. The summed E-state index contributed by atoms with van der Waals surface area (Å²) in [5.74, 6) is -0.188. The van der Waals surface area contributed by atoms with Crippen molar-refractivity contribution in [3.8, 4) is 11.3 Å². The fraction of sp³-hybridized carbons (Fsp3) is 0.273. The molecule has 1 aliphatic heterocycles. The molecule has 4 rings (SSSR count). The summed E-state index contributed by atoms with van der Waals surface area (Å²) in [6, 6.07) is 10.8. The van der Waals surface area contributed by atoms with Crippen LogP contribution in [0.5, 0.6) is 0 Å². The van der Waals surface area contributed by atoms with Crippen molar-refractivity contribution in [3.63, 3.8) is 0 Å². The number of anilines is 2. The summed E-state index contributed by atoms with van der Waals surface area (Å²) in [6.07, 6.45) is -2.60. The fourth-order valence-electron chi connectivity index (χ4n) is 3.42. The molecule has 0 unspecified atom stereocenters. The van der Waals surface area contributed by atoms with E-state index in [0.29, 0.717) is 29.5 Å². The summed E-state index contributed by atoms with van der Waals surface area (Å²) in [5, 5.41) is 5.33. The summed E-state index contributed by atoms with van der Waals surface area (Å²) in [5.41, 5.74) is 1.82. The molecule has 0 atom stereocenters. The van der Waals surface area contributed by atoms with Crippen LogP contribution in [0.4, 0.5) is 24.5 Å². The molecule has 10 heteroatoms. The highest BCUT2D eigenvalue weighted by molar-refractivity contribution is 8.01. The topological polar surface area (TPSA) is 45.2 Å². The molecule has 32 heavy (non-hydrogen) atoms. The van der Waals surface area contributed by atoms with Gasteiger partial charge in [-0.15, -0.1) is 11.3 Å². The van der Waals surface area contributed by atoms with Crippen LogP contribution in [0.15, 0.2) is 52.2 Å². The number of thioether (sulfide) groups is 1. The predicted molar refractivity (Wildman–Crippen MR) is 125 cm³/mol. The van der Waals surface area contributed by atoms with Crippen LogP contribution in [-0.4, -0.2) is 29.7 Å². The van der Waals surface area contributed by atoms with E-state index in [2.05, 4.69) is 10.3 Å². The lowest BCUT2D eigenvalue weighted by Crippen LogP contribution is -2.22. The molecule has 1 aromatic heterocycles. The standard InChI is InChI=1S/C22H19ClF3N3OS2/c23-16-6-3-14(4-7-16)18-12-31-21(28-18)32-13-20(30)27-17-8-5-15(22(24,25)26)11-19(17)29-9-1-2-10-29/h3-8,11-12H,1-2,9-10,13H2,(H,27,30). The van der Waals surface area contributed by atoms with Gasteiger partial charge in [-0.05, 0) is 43.2 Å². The number of rotatable bonds is 6. The number of aromatic nitrogens is 1. The number of carbonyl (C=O) groups is 1. The van der Waals surface area contributed by atoms with Crippen LogP contribution >= 0.6 is 34.7 Å². The maximum Gasteiger partial charge on any atom is 0.416 e. The fourth-order valence-corrected chi connectivity index (χ4v) is 5.18. The molecule has 168 valence electrons. The van der Waals surface area contributed by atoms with E-state index in [0.717, 1.165) is 40.6 Å². The van der Waals surface area contributed by atoms with E-state index < -0.39 is 11.7 Å². The van der Waals surface area contributed by atoms with E-state index in [9.17, 15) is 18.0 Å². The van der Waals surface area contributed by atoms with Crippen LogP contribution < -0.4 is 10.2 Å². The van der Waals surface area contributed by atoms with E-state index in [1.807, 2.05) is 22.4 Å². The maximum atomic E-state index is 13.2. The van der Waals surface area contributed by atoms with Gasteiger partial charge < -0.3 is 10.2 Å². The first-order valence-corrected chi connectivity index (χ1v) is 12.1. The summed E-state index contributed by atoms with van der Waals surface area (Å²) in [6.45, 7) is 1.34. The second-order valence-corrected chi connectivity index (χ2v) is 9.78. The molecule has 3 aromatic rings. The van der Waals surface area contributed by atoms with Gasteiger partial charge >= 0.3 is 6.18 Å². The Morgan fingerprint density at radius 2 is 1.88 bits per heavy atom. The third kappa shape index (κ3) is 5.57. The molecule has 1 amide bonds. The average Bonchev–Trinajstić information content (AvgIpc) is 3.45. The average molecular weight is 498 g/mol. The van der Waals surface area contributed by atoms with E-state index in [-0.39, 0.29) is 11.7 Å². The Morgan fingerprint density at radius 1 is 1.16 bits per heavy atom. The first kappa shape index (κ1) is 22.9. The van der Waals surface area contributed by atoms with Crippen molar-refractivity contribution in [1.29, 1.82) is 0 Å². The molecular weight excluding hydrogens is 479 g/mol. The molecular formula is C22H19ClF3N3OS2. The molecule has 1 fully saturated rings. The zero-order chi connectivity index (χ0) is 22.7. The number of nitrogens with one attached hydrogen (secondary N) is 1. The van der Waals surface area contributed by atoms with Crippen LogP contribution in [0.25, 0.3) is 11.3 Å². The molecule has 0 spiro atoms. The molecule has 0 bridgehead atoms. The van der Waals surface area contributed by atoms with Crippen molar-refractivity contribution >= 4 is 52.0 Å². The lowest BCUT2D eigenvalue weighted by Gasteiger charge is -2.23. The van der Waals surface area contributed by atoms with Crippen molar-refractivity contribution in [2.24, 2.45) is 0 Å². The Balaban J connectivity index is 1.42. The van der Waals surface area contributed by atoms with Crippen molar-refractivity contribution in [3.05, 3.63) is 58.4 Å². The van der Waals surface area contributed by atoms with E-state index >= 15 is 0 Å². The van der Waals surface area contributed by atoms with Gasteiger partial charge in [-0.3, -0.25) is 4.79 Å². The zero-order valence-electron chi connectivity index (χ0n) is 16.8. The van der Waals surface area contributed by atoms with Gasteiger partial charge in [0.15, 0.2) is 4.34 Å². The second-order valence-electron chi connectivity index (χ2n) is 7.27. The van der Waals surface area contributed by atoms with Crippen LogP contribution in [0.2, 0.25) is 5.02 Å². The summed E-state index contributed by atoms with van der Waals surface area (Å²) >= 11 is 8.63. The van der Waals surface area contributed by atoms with Crippen molar-refractivity contribution in [2.45, 2.75) is 23.4 Å². The molecule has 4 nitrogen and oxygen atoms in total. The zero-order valence-corrected chi connectivity index (χ0v) is 19.2. The minimum Gasteiger partial charge on any atom is -0.370 e. The molecule has 2 aromatic carbocycles. The number of carbonyl (C=O) groups excluding carboxylic acids is 1. The van der Waals surface area contributed by atoms with Crippen molar-refractivity contribution in [1.82, 2.24) is 4.98 Å². The van der Waals surface area contributed by atoms with E-state index in [1.165, 1.54) is 29.2 Å². The molecule has 2 heterocycles. The molecule has 1 aliphatic rings. The van der Waals surface area contributed by atoms with Gasteiger partial charge in [-0.1, -0.05) is 35.5 Å². The number of hydrogen-bond donors (Lipinski definition) is 1. The predicted octanol–water partition coefficient (Wildman–Crippen LogP) is 6.81. The number of amides is 1. The highest BCUT2D eigenvalue weighted by Gasteiger charge is 2.32. The normalized spacial score (nSPS) is 14.1. The monoisotopic (exact) mass is 497 g/mol. The van der Waals surface area contributed by atoms with Gasteiger partial charge in [0.2, 0.25) is 5.91 Å². The minimum atomic E-state index is -4.43. The number of nitrogens with zero attached hydrogens (tertiary/aromatic N) is 2. The van der Waals surface area contributed by atoms with Gasteiger partial charge in [0.25, 0.3) is 0 Å². The molecule has 0 saturated carbocycles. The van der Waals surface area contributed by atoms with E-state index in [4.69, 9.17) is 11.6 Å². The number of alkyl halides is 3. The van der Waals surface area contributed by atoms with Crippen LogP contribution in [0, 0.1) is 0 Å². The number of benzene rings is 2. The lowest BCUT2D eigenvalue weighted by molar-refractivity contribution is -0.137. The van der Waals surface area contributed by atoms with Crippen molar-refractivity contribution < 1.29 is 18.0 Å². The Morgan fingerprint density at radius 3 is 2.56 bits per heavy atom. The van der Waals surface area contributed by atoms with Gasteiger partial charge in [0.05, 0.1) is 28.4 Å². The van der Waals surface area contributed by atoms with Crippen LogP contribution in [0.1, 0.15) is 18.4 Å². The molecule has 0 radical (unpaired) electrons. The number of hydrogen-bond acceptors (Lipinski definition) is 5. The second kappa shape index (κ2) is 9.72. The third-order valence-corrected chi connectivity index (χ3v) is 7.27. The Hall–Kier alpha value is -2.23. The lowest BCUT2D eigenvalue weighted by atomic mass is 10.1. The van der Waals surface area contributed by atoms with Gasteiger partial charge in [0.1, 0.15) is 0 Å². The molecule has 1 N–H and O–H groups in total. The molecule has 0 aliphatic carbocycles. The Kier molecular flexibility index (Phi) is 6.97. The largest absolute Gasteiger partial charge is 0.416 e. The summed E-state index contributed by atoms with van der Waals surface area (Å²) in [7, 11) is 0. The number of thiazole rings is 1.